The Bertz CT molecular complexity index is 463. The second-order valence-corrected chi connectivity index (χ2v) is 3.21. The van der Waals surface area contributed by atoms with E-state index < -0.39 is 0 Å². The zero-order valence-electron chi connectivity index (χ0n) is 7.70. The van der Waals surface area contributed by atoms with E-state index in [0.717, 1.165) is 10.9 Å². The lowest BCUT2D eigenvalue weighted by atomic mass is 10.1. The van der Waals surface area contributed by atoms with Crippen LogP contribution in [0.2, 0.25) is 0 Å². The molecule has 0 aliphatic rings. The monoisotopic (exact) mass is 173 g/mol. The van der Waals surface area contributed by atoms with Crippen molar-refractivity contribution in [3.05, 3.63) is 29.6 Å². The molecule has 0 fully saturated rings. The maximum Gasteiger partial charge on any atom is 0.134 e. The zero-order chi connectivity index (χ0) is 9.42. The number of nitrogens with two attached hydrogens (primary N) is 1. The Labute approximate surface area is 76.6 Å². The summed E-state index contributed by atoms with van der Waals surface area (Å²) in [6.45, 7) is 4.12. The maximum atomic E-state index is 5.72. The first-order valence-corrected chi connectivity index (χ1v) is 4.16. The van der Waals surface area contributed by atoms with Crippen molar-refractivity contribution in [2.75, 3.05) is 5.73 Å². The number of aromatic nitrogens is 2. The van der Waals surface area contributed by atoms with Crippen molar-refractivity contribution in [2.45, 2.75) is 13.8 Å². The standard InChI is InChI=1S/C10H11N3/c1-6-3-8-9(4-7(6)2)12-5-13-10(8)11/h3-5H,1-2H3,(H2,11,12,13). The predicted molar refractivity (Wildman–Crippen MR) is 53.4 cm³/mol. The fourth-order valence-electron chi connectivity index (χ4n) is 1.34. The first-order valence-electron chi connectivity index (χ1n) is 4.16. The molecule has 0 unspecified atom stereocenters. The average molecular weight is 173 g/mol. The molecular weight excluding hydrogens is 162 g/mol. The molecule has 2 rings (SSSR count). The molecule has 0 spiro atoms. The van der Waals surface area contributed by atoms with Crippen molar-refractivity contribution < 1.29 is 0 Å². The summed E-state index contributed by atoms with van der Waals surface area (Å²) in [7, 11) is 0. The van der Waals surface area contributed by atoms with Gasteiger partial charge in [0.2, 0.25) is 0 Å². The molecule has 13 heavy (non-hydrogen) atoms. The number of hydrogen-bond donors (Lipinski definition) is 1. The number of fused-ring (bicyclic) bond motifs is 1. The molecule has 0 saturated heterocycles. The van der Waals surface area contributed by atoms with Crippen LogP contribution in [0.5, 0.6) is 0 Å². The van der Waals surface area contributed by atoms with Crippen molar-refractivity contribution in [3.63, 3.8) is 0 Å². The van der Waals surface area contributed by atoms with E-state index in [9.17, 15) is 0 Å². The van der Waals surface area contributed by atoms with Gasteiger partial charge in [-0.2, -0.15) is 0 Å². The maximum absolute atomic E-state index is 5.72. The molecular formula is C10H11N3. The highest BCUT2D eigenvalue weighted by Gasteiger charge is 2.01. The van der Waals surface area contributed by atoms with E-state index in [-0.39, 0.29) is 0 Å². The minimum Gasteiger partial charge on any atom is -0.383 e. The van der Waals surface area contributed by atoms with Gasteiger partial charge in [0, 0.05) is 5.39 Å². The lowest BCUT2D eigenvalue weighted by molar-refractivity contribution is 1.22. The lowest BCUT2D eigenvalue weighted by Gasteiger charge is -2.03. The molecule has 66 valence electrons. The fourth-order valence-corrected chi connectivity index (χ4v) is 1.34. The number of rotatable bonds is 0. The van der Waals surface area contributed by atoms with Gasteiger partial charge >= 0.3 is 0 Å². The molecule has 0 amide bonds. The average Bonchev–Trinajstić information content (AvgIpc) is 2.09. The number of aryl methyl sites for hydroxylation is 2. The number of benzene rings is 1. The number of nitrogen functional groups attached to an aromatic ring is 1. The van der Waals surface area contributed by atoms with Crippen molar-refractivity contribution in [3.8, 4) is 0 Å². The third-order valence-electron chi connectivity index (χ3n) is 2.28. The summed E-state index contributed by atoms with van der Waals surface area (Å²) in [5.41, 5.74) is 9.08. The molecule has 3 heteroatoms. The highest BCUT2D eigenvalue weighted by molar-refractivity contribution is 5.88. The summed E-state index contributed by atoms with van der Waals surface area (Å²) in [5, 5.41) is 0.936. The molecule has 0 bridgehead atoms. The number of hydrogen-bond acceptors (Lipinski definition) is 3. The molecule has 0 radical (unpaired) electrons. The van der Waals surface area contributed by atoms with E-state index in [4.69, 9.17) is 5.73 Å². The molecule has 3 nitrogen and oxygen atoms in total. The summed E-state index contributed by atoms with van der Waals surface area (Å²) in [5.74, 6) is 0.549. The van der Waals surface area contributed by atoms with Gasteiger partial charge in [-0.15, -0.1) is 0 Å². The Balaban J connectivity index is 2.89. The van der Waals surface area contributed by atoms with Gasteiger partial charge in [0.1, 0.15) is 12.1 Å². The first kappa shape index (κ1) is 7.98. The van der Waals surface area contributed by atoms with Gasteiger partial charge in [0.15, 0.2) is 0 Å². The molecule has 0 aliphatic heterocycles. The number of anilines is 1. The summed E-state index contributed by atoms with van der Waals surface area (Å²) in [4.78, 5) is 8.10. The first-order chi connectivity index (χ1) is 6.18. The molecule has 2 N–H and O–H groups in total. The normalized spacial score (nSPS) is 10.6. The van der Waals surface area contributed by atoms with Gasteiger partial charge in [-0.05, 0) is 37.1 Å². The molecule has 0 atom stereocenters. The highest BCUT2D eigenvalue weighted by atomic mass is 14.9. The van der Waals surface area contributed by atoms with Gasteiger partial charge in [0.05, 0.1) is 5.52 Å². The summed E-state index contributed by atoms with van der Waals surface area (Å²) >= 11 is 0. The van der Waals surface area contributed by atoms with Crippen LogP contribution in [-0.4, -0.2) is 9.97 Å². The number of nitrogens with zero attached hydrogens (tertiary/aromatic N) is 2. The fraction of sp³-hybridized carbons (Fsp3) is 0.200. The molecule has 0 aliphatic carbocycles. The third-order valence-corrected chi connectivity index (χ3v) is 2.28. The van der Waals surface area contributed by atoms with Gasteiger partial charge < -0.3 is 5.73 Å². The van der Waals surface area contributed by atoms with Crippen molar-refractivity contribution in [1.82, 2.24) is 9.97 Å². The van der Waals surface area contributed by atoms with Crippen LogP contribution in [0.25, 0.3) is 10.9 Å². The lowest BCUT2D eigenvalue weighted by Crippen LogP contribution is -1.94. The van der Waals surface area contributed by atoms with Gasteiger partial charge in [-0.25, -0.2) is 9.97 Å². The van der Waals surface area contributed by atoms with Gasteiger partial charge in [0.25, 0.3) is 0 Å². The topological polar surface area (TPSA) is 51.8 Å². The quantitative estimate of drug-likeness (QED) is 0.661. The Kier molecular flexibility index (Phi) is 1.65. The molecule has 0 saturated carbocycles. The largest absolute Gasteiger partial charge is 0.383 e. The Morgan fingerprint density at radius 1 is 1.08 bits per heavy atom. The van der Waals surface area contributed by atoms with Crippen molar-refractivity contribution in [1.29, 1.82) is 0 Å². The molecule has 1 aromatic heterocycles. The van der Waals surface area contributed by atoms with E-state index in [0.29, 0.717) is 5.82 Å². The van der Waals surface area contributed by atoms with E-state index in [1.54, 1.807) is 0 Å². The van der Waals surface area contributed by atoms with Crippen LogP contribution >= 0.6 is 0 Å². The van der Waals surface area contributed by atoms with E-state index in [2.05, 4.69) is 23.8 Å². The smallest absolute Gasteiger partial charge is 0.134 e. The van der Waals surface area contributed by atoms with E-state index in [1.165, 1.54) is 17.5 Å². The van der Waals surface area contributed by atoms with Gasteiger partial charge in [-0.1, -0.05) is 0 Å². The van der Waals surface area contributed by atoms with Crippen molar-refractivity contribution >= 4 is 16.7 Å². The van der Waals surface area contributed by atoms with Crippen LogP contribution in [0.4, 0.5) is 5.82 Å². The third kappa shape index (κ3) is 1.22. The minimum atomic E-state index is 0.549. The Hall–Kier alpha value is -1.64. The van der Waals surface area contributed by atoms with E-state index in [1.807, 2.05) is 12.1 Å². The molecule has 1 aromatic carbocycles. The summed E-state index contributed by atoms with van der Waals surface area (Å²) in [6.07, 6.45) is 1.49. The summed E-state index contributed by atoms with van der Waals surface area (Å²) in [6, 6.07) is 4.06. The van der Waals surface area contributed by atoms with Crippen LogP contribution in [0, 0.1) is 13.8 Å². The zero-order valence-corrected chi connectivity index (χ0v) is 7.70. The Morgan fingerprint density at radius 2 is 1.77 bits per heavy atom. The van der Waals surface area contributed by atoms with Crippen LogP contribution in [0.1, 0.15) is 11.1 Å². The van der Waals surface area contributed by atoms with Crippen molar-refractivity contribution in [2.24, 2.45) is 0 Å². The Morgan fingerprint density at radius 3 is 2.54 bits per heavy atom. The SMILES string of the molecule is Cc1cc2ncnc(N)c2cc1C. The second kappa shape index (κ2) is 2.69. The van der Waals surface area contributed by atoms with Gasteiger partial charge in [-0.3, -0.25) is 0 Å². The van der Waals surface area contributed by atoms with Crippen LogP contribution < -0.4 is 5.73 Å². The molecule has 2 aromatic rings. The highest BCUT2D eigenvalue weighted by Crippen LogP contribution is 2.20. The molecule has 1 heterocycles. The van der Waals surface area contributed by atoms with Crippen LogP contribution in [0.3, 0.4) is 0 Å². The van der Waals surface area contributed by atoms with Crippen LogP contribution in [-0.2, 0) is 0 Å². The van der Waals surface area contributed by atoms with Crippen LogP contribution in [0.15, 0.2) is 18.5 Å². The van der Waals surface area contributed by atoms with E-state index >= 15 is 0 Å². The second-order valence-electron chi connectivity index (χ2n) is 3.21. The predicted octanol–water partition coefficient (Wildman–Crippen LogP) is 1.83. The minimum absolute atomic E-state index is 0.549. The summed E-state index contributed by atoms with van der Waals surface area (Å²) < 4.78 is 0.